The van der Waals surface area contributed by atoms with E-state index in [1.165, 1.54) is 5.69 Å². The number of rotatable bonds is 3. The minimum atomic E-state index is 0.0509. The van der Waals surface area contributed by atoms with E-state index in [4.69, 9.17) is 16.3 Å². The SMILES string of the molecule is COc1ccc2[nH]c(C3CCCN(C(=O)c4cccc(Cl)c4)C3)cc2c1. The van der Waals surface area contributed by atoms with Gasteiger partial charge in [-0.25, -0.2) is 0 Å². The fourth-order valence-electron chi connectivity index (χ4n) is 3.70. The first-order valence-corrected chi connectivity index (χ1v) is 9.23. The number of benzene rings is 2. The molecule has 134 valence electrons. The number of methoxy groups -OCH3 is 1. The largest absolute Gasteiger partial charge is 0.497 e. The Bertz CT molecular complexity index is 950. The molecule has 0 radical (unpaired) electrons. The van der Waals surface area contributed by atoms with Crippen LogP contribution in [-0.4, -0.2) is 36.0 Å². The van der Waals surface area contributed by atoms with Crippen LogP contribution >= 0.6 is 11.6 Å². The second-order valence-corrected chi connectivity index (χ2v) is 7.21. The number of aromatic amines is 1. The van der Waals surface area contributed by atoms with E-state index in [2.05, 4.69) is 11.1 Å². The molecule has 1 amide bonds. The molecule has 1 N–H and O–H groups in total. The topological polar surface area (TPSA) is 45.3 Å². The van der Waals surface area contributed by atoms with Crippen molar-refractivity contribution >= 4 is 28.4 Å². The van der Waals surface area contributed by atoms with Crippen molar-refractivity contribution in [2.45, 2.75) is 18.8 Å². The van der Waals surface area contributed by atoms with Crippen LogP contribution in [0.1, 0.15) is 34.8 Å². The Morgan fingerprint density at radius 1 is 1.23 bits per heavy atom. The number of H-pyrrole nitrogens is 1. The number of fused-ring (bicyclic) bond motifs is 1. The van der Waals surface area contributed by atoms with E-state index in [1.807, 2.05) is 35.2 Å². The molecule has 4 rings (SSSR count). The van der Waals surface area contributed by atoms with Gasteiger partial charge in [0.1, 0.15) is 5.75 Å². The zero-order valence-electron chi connectivity index (χ0n) is 14.7. The third-order valence-corrected chi connectivity index (χ3v) is 5.30. The number of nitrogens with one attached hydrogen (secondary N) is 1. The molecule has 1 aliphatic heterocycles. The van der Waals surface area contributed by atoms with Gasteiger partial charge >= 0.3 is 0 Å². The molecule has 1 saturated heterocycles. The van der Waals surface area contributed by atoms with Crippen LogP contribution in [0.25, 0.3) is 10.9 Å². The molecule has 5 heteroatoms. The molecule has 1 fully saturated rings. The van der Waals surface area contributed by atoms with Crippen LogP contribution in [-0.2, 0) is 0 Å². The highest BCUT2D eigenvalue weighted by atomic mass is 35.5. The number of ether oxygens (including phenoxy) is 1. The Labute approximate surface area is 157 Å². The minimum absolute atomic E-state index is 0.0509. The third-order valence-electron chi connectivity index (χ3n) is 5.07. The van der Waals surface area contributed by atoms with Gasteiger partial charge in [-0.15, -0.1) is 0 Å². The maximum atomic E-state index is 12.8. The summed E-state index contributed by atoms with van der Waals surface area (Å²) in [5.41, 5.74) is 2.93. The summed E-state index contributed by atoms with van der Waals surface area (Å²) in [7, 11) is 1.68. The summed E-state index contributed by atoms with van der Waals surface area (Å²) in [4.78, 5) is 18.3. The Balaban J connectivity index is 1.55. The number of piperidine rings is 1. The third kappa shape index (κ3) is 3.29. The molecule has 3 aromatic rings. The molecule has 0 bridgehead atoms. The number of aromatic nitrogens is 1. The van der Waals surface area contributed by atoms with Gasteiger partial charge in [0.2, 0.25) is 0 Å². The average Bonchev–Trinajstić information content (AvgIpc) is 3.10. The Kier molecular flexibility index (Phi) is 4.60. The van der Waals surface area contributed by atoms with Crippen molar-refractivity contribution in [1.29, 1.82) is 0 Å². The highest BCUT2D eigenvalue weighted by molar-refractivity contribution is 6.30. The number of carbonyl (C=O) groups is 1. The summed E-state index contributed by atoms with van der Waals surface area (Å²) in [5.74, 6) is 1.21. The molecule has 26 heavy (non-hydrogen) atoms. The molecule has 1 aromatic heterocycles. The predicted octanol–water partition coefficient (Wildman–Crippen LogP) is 4.85. The molecular formula is C21H21ClN2O2. The second kappa shape index (κ2) is 7.04. The number of amides is 1. The van der Waals surface area contributed by atoms with Crippen LogP contribution in [0.2, 0.25) is 5.02 Å². The molecule has 0 aliphatic carbocycles. The number of hydrogen-bond acceptors (Lipinski definition) is 2. The molecular weight excluding hydrogens is 348 g/mol. The van der Waals surface area contributed by atoms with Crippen molar-refractivity contribution in [3.63, 3.8) is 0 Å². The number of likely N-dealkylation sites (tertiary alicyclic amines) is 1. The number of hydrogen-bond donors (Lipinski definition) is 1. The van der Waals surface area contributed by atoms with Gasteiger partial charge in [-0.1, -0.05) is 17.7 Å². The van der Waals surface area contributed by atoms with E-state index in [0.29, 0.717) is 16.5 Å². The van der Waals surface area contributed by atoms with Crippen molar-refractivity contribution in [1.82, 2.24) is 9.88 Å². The molecule has 0 saturated carbocycles. The molecule has 2 heterocycles. The van der Waals surface area contributed by atoms with Gasteiger partial charge in [-0.3, -0.25) is 4.79 Å². The van der Waals surface area contributed by atoms with Crippen LogP contribution in [0.5, 0.6) is 5.75 Å². The fourth-order valence-corrected chi connectivity index (χ4v) is 3.89. The highest BCUT2D eigenvalue weighted by Gasteiger charge is 2.26. The fraction of sp³-hybridized carbons (Fsp3) is 0.286. The minimum Gasteiger partial charge on any atom is -0.497 e. The molecule has 1 unspecified atom stereocenters. The maximum absolute atomic E-state index is 12.8. The Morgan fingerprint density at radius 3 is 2.92 bits per heavy atom. The van der Waals surface area contributed by atoms with Gasteiger partial charge in [0.05, 0.1) is 7.11 Å². The van der Waals surface area contributed by atoms with E-state index in [0.717, 1.165) is 42.6 Å². The van der Waals surface area contributed by atoms with Crippen LogP contribution in [0, 0.1) is 0 Å². The van der Waals surface area contributed by atoms with Crippen LogP contribution in [0.3, 0.4) is 0 Å². The normalized spacial score (nSPS) is 17.5. The summed E-state index contributed by atoms with van der Waals surface area (Å²) in [6, 6.07) is 15.4. The smallest absolute Gasteiger partial charge is 0.253 e. The maximum Gasteiger partial charge on any atom is 0.253 e. The first-order valence-electron chi connectivity index (χ1n) is 8.85. The van der Waals surface area contributed by atoms with Gasteiger partial charge in [0.15, 0.2) is 0 Å². The van der Waals surface area contributed by atoms with E-state index in [-0.39, 0.29) is 5.91 Å². The van der Waals surface area contributed by atoms with E-state index in [9.17, 15) is 4.79 Å². The van der Waals surface area contributed by atoms with Gasteiger partial charge in [-0.2, -0.15) is 0 Å². The molecule has 1 aliphatic rings. The van der Waals surface area contributed by atoms with Crippen molar-refractivity contribution in [2.24, 2.45) is 0 Å². The second-order valence-electron chi connectivity index (χ2n) is 6.78. The lowest BCUT2D eigenvalue weighted by atomic mass is 9.94. The zero-order chi connectivity index (χ0) is 18.1. The zero-order valence-corrected chi connectivity index (χ0v) is 15.4. The highest BCUT2D eigenvalue weighted by Crippen LogP contribution is 2.31. The monoisotopic (exact) mass is 368 g/mol. The molecule has 0 spiro atoms. The van der Waals surface area contributed by atoms with Gasteiger partial charge in [0.25, 0.3) is 5.91 Å². The average molecular weight is 369 g/mol. The van der Waals surface area contributed by atoms with E-state index < -0.39 is 0 Å². The summed E-state index contributed by atoms with van der Waals surface area (Å²) >= 11 is 6.04. The van der Waals surface area contributed by atoms with E-state index >= 15 is 0 Å². The summed E-state index contributed by atoms with van der Waals surface area (Å²) < 4.78 is 5.31. The van der Waals surface area contributed by atoms with Crippen LogP contribution in [0.15, 0.2) is 48.5 Å². The molecule has 1 atom stereocenters. The van der Waals surface area contributed by atoms with Gasteiger partial charge in [-0.05, 0) is 55.3 Å². The quantitative estimate of drug-likeness (QED) is 0.718. The Morgan fingerprint density at radius 2 is 2.12 bits per heavy atom. The molecule has 2 aromatic carbocycles. The number of nitrogens with zero attached hydrogens (tertiary/aromatic N) is 1. The summed E-state index contributed by atoms with van der Waals surface area (Å²) in [6.07, 6.45) is 2.07. The lowest BCUT2D eigenvalue weighted by molar-refractivity contribution is 0.0706. The Hall–Kier alpha value is -2.46. The standard InChI is InChI=1S/C21H21ClN2O2/c1-26-18-7-8-19-16(11-18)12-20(23-19)15-5-3-9-24(13-15)21(25)14-4-2-6-17(22)10-14/h2,4,6-8,10-12,15,23H,3,5,9,13H2,1H3. The first kappa shape index (κ1) is 17.0. The van der Waals surface area contributed by atoms with Gasteiger partial charge < -0.3 is 14.6 Å². The van der Waals surface area contributed by atoms with Crippen molar-refractivity contribution in [3.05, 3.63) is 64.8 Å². The predicted molar refractivity (Wildman–Crippen MR) is 104 cm³/mol. The van der Waals surface area contributed by atoms with E-state index in [1.54, 1.807) is 19.2 Å². The number of halogens is 1. The summed E-state index contributed by atoms with van der Waals surface area (Å²) in [5, 5.41) is 1.73. The van der Waals surface area contributed by atoms with Crippen molar-refractivity contribution in [3.8, 4) is 5.75 Å². The summed E-state index contributed by atoms with van der Waals surface area (Å²) in [6.45, 7) is 1.51. The first-order chi connectivity index (χ1) is 12.6. The number of carbonyl (C=O) groups excluding carboxylic acids is 1. The van der Waals surface area contributed by atoms with Crippen molar-refractivity contribution in [2.75, 3.05) is 20.2 Å². The molecule has 4 nitrogen and oxygen atoms in total. The van der Waals surface area contributed by atoms with Crippen molar-refractivity contribution < 1.29 is 9.53 Å². The van der Waals surface area contributed by atoms with Crippen LogP contribution in [0.4, 0.5) is 0 Å². The lowest BCUT2D eigenvalue weighted by Gasteiger charge is -2.32. The van der Waals surface area contributed by atoms with Crippen LogP contribution < -0.4 is 4.74 Å². The lowest BCUT2D eigenvalue weighted by Crippen LogP contribution is -2.39. The van der Waals surface area contributed by atoms with Gasteiger partial charge in [0, 0.05) is 46.2 Å².